The van der Waals surface area contributed by atoms with E-state index in [0.29, 0.717) is 5.95 Å². The largest absolute Gasteiger partial charge is 0.368 e. The molecule has 5 heteroatoms. The molecule has 0 aliphatic carbocycles. The number of carbonyl (C=O) groups is 1. The summed E-state index contributed by atoms with van der Waals surface area (Å²) in [5.41, 5.74) is 6.92. The van der Waals surface area contributed by atoms with Crippen LogP contribution in [0.1, 0.15) is 6.92 Å². The molecular weight excluding hydrogens is 192 g/mol. The predicted molar refractivity (Wildman–Crippen MR) is 58.4 cm³/mol. The summed E-state index contributed by atoms with van der Waals surface area (Å²) in [5, 5.41) is 2.89. The second kappa shape index (κ2) is 3.61. The third-order valence-corrected chi connectivity index (χ3v) is 2.17. The van der Waals surface area contributed by atoms with E-state index in [1.807, 2.05) is 24.3 Å². The Morgan fingerprint density at radius 3 is 2.93 bits per heavy atom. The zero-order valence-electron chi connectivity index (χ0n) is 8.32. The van der Waals surface area contributed by atoms with E-state index in [0.717, 1.165) is 11.0 Å². The van der Waals surface area contributed by atoms with Gasteiger partial charge in [-0.3, -0.25) is 4.79 Å². The van der Waals surface area contributed by atoms with Crippen LogP contribution in [0.4, 0.5) is 5.95 Å². The molecule has 0 fully saturated rings. The molecule has 1 aromatic carbocycles. The number of imidazole rings is 1. The van der Waals surface area contributed by atoms with Crippen LogP contribution in [0.2, 0.25) is 0 Å². The highest BCUT2D eigenvalue weighted by molar-refractivity contribution is 5.83. The molecule has 2 aromatic rings. The number of aromatic nitrogens is 2. The minimum Gasteiger partial charge on any atom is -0.368 e. The van der Waals surface area contributed by atoms with Crippen LogP contribution in [0.3, 0.4) is 0 Å². The van der Waals surface area contributed by atoms with Crippen molar-refractivity contribution in [2.45, 2.75) is 13.0 Å². The lowest BCUT2D eigenvalue weighted by Crippen LogP contribution is -2.32. The van der Waals surface area contributed by atoms with Gasteiger partial charge in [-0.25, -0.2) is 4.98 Å². The molecule has 15 heavy (non-hydrogen) atoms. The normalized spacial score (nSPS) is 12.6. The number of para-hydroxylation sites is 2. The van der Waals surface area contributed by atoms with Crippen molar-refractivity contribution in [3.05, 3.63) is 24.3 Å². The van der Waals surface area contributed by atoms with E-state index in [1.165, 1.54) is 0 Å². The average Bonchev–Trinajstić information content (AvgIpc) is 2.59. The first-order valence-corrected chi connectivity index (χ1v) is 4.67. The van der Waals surface area contributed by atoms with Gasteiger partial charge in [-0.2, -0.15) is 0 Å². The summed E-state index contributed by atoms with van der Waals surface area (Å²) in [6.45, 7) is 1.69. The summed E-state index contributed by atoms with van der Waals surface area (Å²) in [5.74, 6) is 0.151. The zero-order valence-corrected chi connectivity index (χ0v) is 8.32. The number of benzene rings is 1. The molecule has 0 saturated carbocycles. The summed E-state index contributed by atoms with van der Waals surface area (Å²) in [6.07, 6.45) is 0. The summed E-state index contributed by atoms with van der Waals surface area (Å²) in [7, 11) is 0. The molecule has 5 nitrogen and oxygen atoms in total. The first kappa shape index (κ1) is 9.51. The molecule has 78 valence electrons. The monoisotopic (exact) mass is 204 g/mol. The molecule has 0 aliphatic rings. The molecule has 0 saturated heterocycles. The Morgan fingerprint density at radius 1 is 1.53 bits per heavy atom. The number of aromatic amines is 1. The van der Waals surface area contributed by atoms with Gasteiger partial charge in [0.05, 0.1) is 11.0 Å². The van der Waals surface area contributed by atoms with Crippen molar-refractivity contribution >= 4 is 22.9 Å². The maximum atomic E-state index is 10.8. The first-order chi connectivity index (χ1) is 7.16. The van der Waals surface area contributed by atoms with Crippen LogP contribution in [0.25, 0.3) is 11.0 Å². The number of nitrogens with one attached hydrogen (secondary N) is 2. The van der Waals surface area contributed by atoms with Crippen LogP contribution in [-0.4, -0.2) is 21.9 Å². The number of nitrogens with zero attached hydrogens (tertiary/aromatic N) is 1. The molecule has 1 aromatic heterocycles. The lowest BCUT2D eigenvalue weighted by Gasteiger charge is -2.07. The molecule has 0 aliphatic heterocycles. The van der Waals surface area contributed by atoms with Crippen molar-refractivity contribution in [3.63, 3.8) is 0 Å². The first-order valence-electron chi connectivity index (χ1n) is 4.67. The molecule has 1 atom stereocenters. The number of hydrogen-bond acceptors (Lipinski definition) is 3. The fourth-order valence-electron chi connectivity index (χ4n) is 1.30. The van der Waals surface area contributed by atoms with Crippen molar-refractivity contribution in [1.29, 1.82) is 0 Å². The van der Waals surface area contributed by atoms with E-state index in [-0.39, 0.29) is 0 Å². The second-order valence-electron chi connectivity index (χ2n) is 3.37. The highest BCUT2D eigenvalue weighted by Crippen LogP contribution is 2.13. The average molecular weight is 204 g/mol. The van der Waals surface area contributed by atoms with Gasteiger partial charge in [0.1, 0.15) is 6.04 Å². The topological polar surface area (TPSA) is 83.8 Å². The molecule has 0 spiro atoms. The fourth-order valence-corrected chi connectivity index (χ4v) is 1.30. The maximum absolute atomic E-state index is 10.8. The lowest BCUT2D eigenvalue weighted by atomic mass is 10.3. The van der Waals surface area contributed by atoms with Crippen molar-refractivity contribution in [2.75, 3.05) is 5.32 Å². The standard InChI is InChI=1S/C10H12N4O/c1-6(9(11)15)12-10-13-7-4-2-3-5-8(7)14-10/h2-6H,1H3,(H2,11,15)(H2,12,13,14)/t6-/m0/s1. The Morgan fingerprint density at radius 2 is 2.27 bits per heavy atom. The minimum atomic E-state index is -0.439. The van der Waals surface area contributed by atoms with Crippen LogP contribution in [0.5, 0.6) is 0 Å². The number of carbonyl (C=O) groups excluding carboxylic acids is 1. The van der Waals surface area contributed by atoms with Gasteiger partial charge < -0.3 is 16.0 Å². The summed E-state index contributed by atoms with van der Waals surface area (Å²) < 4.78 is 0. The van der Waals surface area contributed by atoms with E-state index < -0.39 is 11.9 Å². The van der Waals surface area contributed by atoms with Crippen LogP contribution in [0, 0.1) is 0 Å². The van der Waals surface area contributed by atoms with Gasteiger partial charge in [-0.05, 0) is 19.1 Å². The van der Waals surface area contributed by atoms with Gasteiger partial charge in [0.25, 0.3) is 0 Å². The van der Waals surface area contributed by atoms with Crippen molar-refractivity contribution < 1.29 is 4.79 Å². The number of H-pyrrole nitrogens is 1. The molecule has 2 rings (SSSR count). The van der Waals surface area contributed by atoms with Crippen molar-refractivity contribution in [1.82, 2.24) is 9.97 Å². The maximum Gasteiger partial charge on any atom is 0.239 e. The van der Waals surface area contributed by atoms with Gasteiger partial charge in [0.2, 0.25) is 11.9 Å². The summed E-state index contributed by atoms with van der Waals surface area (Å²) >= 11 is 0. The number of amides is 1. The highest BCUT2D eigenvalue weighted by atomic mass is 16.1. The molecule has 4 N–H and O–H groups in total. The van der Waals surface area contributed by atoms with E-state index in [1.54, 1.807) is 6.92 Å². The van der Waals surface area contributed by atoms with Crippen LogP contribution >= 0.6 is 0 Å². The van der Waals surface area contributed by atoms with Crippen LogP contribution < -0.4 is 11.1 Å². The molecule has 1 heterocycles. The summed E-state index contributed by atoms with van der Waals surface area (Å²) in [4.78, 5) is 18.1. The van der Waals surface area contributed by atoms with E-state index in [9.17, 15) is 4.79 Å². The Hall–Kier alpha value is -2.04. The zero-order chi connectivity index (χ0) is 10.8. The van der Waals surface area contributed by atoms with E-state index in [2.05, 4.69) is 15.3 Å². The number of rotatable bonds is 3. The van der Waals surface area contributed by atoms with E-state index >= 15 is 0 Å². The Balaban J connectivity index is 2.26. The smallest absolute Gasteiger partial charge is 0.239 e. The molecule has 0 radical (unpaired) electrons. The lowest BCUT2D eigenvalue weighted by molar-refractivity contribution is -0.118. The Bertz CT molecular complexity index is 458. The molecule has 0 unspecified atom stereocenters. The number of nitrogens with two attached hydrogens (primary N) is 1. The highest BCUT2D eigenvalue weighted by Gasteiger charge is 2.10. The molecule has 0 bridgehead atoms. The SMILES string of the molecule is C[C@H](Nc1nc2ccccc2[nH]1)C(N)=O. The van der Waals surface area contributed by atoms with Gasteiger partial charge in [-0.15, -0.1) is 0 Å². The fraction of sp³-hybridized carbons (Fsp3) is 0.200. The van der Waals surface area contributed by atoms with Crippen LogP contribution in [-0.2, 0) is 4.79 Å². The Kier molecular flexibility index (Phi) is 2.29. The second-order valence-corrected chi connectivity index (χ2v) is 3.37. The van der Waals surface area contributed by atoms with Crippen molar-refractivity contribution in [2.24, 2.45) is 5.73 Å². The minimum absolute atomic E-state index is 0.407. The predicted octanol–water partition coefficient (Wildman–Crippen LogP) is 0.849. The van der Waals surface area contributed by atoms with Gasteiger partial charge in [-0.1, -0.05) is 12.1 Å². The van der Waals surface area contributed by atoms with Gasteiger partial charge >= 0.3 is 0 Å². The number of anilines is 1. The quantitative estimate of drug-likeness (QED) is 0.693. The summed E-state index contributed by atoms with van der Waals surface area (Å²) in [6, 6.07) is 7.20. The molecule has 1 amide bonds. The van der Waals surface area contributed by atoms with Crippen molar-refractivity contribution in [3.8, 4) is 0 Å². The third kappa shape index (κ3) is 1.90. The Labute approximate surface area is 86.7 Å². The van der Waals surface area contributed by atoms with Gasteiger partial charge in [0, 0.05) is 0 Å². The molecular formula is C10H12N4O. The van der Waals surface area contributed by atoms with Gasteiger partial charge in [0.15, 0.2) is 0 Å². The third-order valence-electron chi connectivity index (χ3n) is 2.17. The number of hydrogen-bond donors (Lipinski definition) is 3. The van der Waals surface area contributed by atoms with E-state index in [4.69, 9.17) is 5.73 Å². The number of fused-ring (bicyclic) bond motifs is 1. The van der Waals surface area contributed by atoms with Crippen LogP contribution in [0.15, 0.2) is 24.3 Å². The number of primary amides is 1.